The molecule has 2 heteroatoms. The monoisotopic (exact) mass is 193 g/mol. The molecular formula is C12H16FN. The van der Waals surface area contributed by atoms with Gasteiger partial charge in [-0.15, -0.1) is 0 Å². The van der Waals surface area contributed by atoms with Crippen LogP contribution in [0.5, 0.6) is 0 Å². The number of hydrogen-bond donors (Lipinski definition) is 1. The SMILES string of the molecule is Cc1ccccc1C(CF)NC1CC1. The predicted molar refractivity (Wildman–Crippen MR) is 56.1 cm³/mol. The summed E-state index contributed by atoms with van der Waals surface area (Å²) < 4.78 is 12.8. The van der Waals surface area contributed by atoms with Gasteiger partial charge in [-0.25, -0.2) is 4.39 Å². The molecule has 1 aliphatic carbocycles. The van der Waals surface area contributed by atoms with Crippen molar-refractivity contribution >= 4 is 0 Å². The Morgan fingerprint density at radius 1 is 1.43 bits per heavy atom. The second-order valence-electron chi connectivity index (χ2n) is 4.00. The van der Waals surface area contributed by atoms with E-state index in [1.165, 1.54) is 18.4 Å². The Labute approximate surface area is 84.3 Å². The molecule has 1 nitrogen and oxygen atoms in total. The molecule has 1 aromatic carbocycles. The van der Waals surface area contributed by atoms with E-state index in [0.29, 0.717) is 6.04 Å². The van der Waals surface area contributed by atoms with Crippen LogP contribution in [0.25, 0.3) is 0 Å². The summed E-state index contributed by atoms with van der Waals surface area (Å²) in [5.74, 6) is 0. The van der Waals surface area contributed by atoms with Crippen molar-refractivity contribution in [2.45, 2.75) is 31.8 Å². The Kier molecular flexibility index (Phi) is 2.82. The Hall–Kier alpha value is -0.890. The van der Waals surface area contributed by atoms with E-state index >= 15 is 0 Å². The highest BCUT2D eigenvalue weighted by atomic mass is 19.1. The van der Waals surface area contributed by atoms with E-state index < -0.39 is 0 Å². The van der Waals surface area contributed by atoms with Crippen molar-refractivity contribution in [3.05, 3.63) is 35.4 Å². The van der Waals surface area contributed by atoms with Crippen molar-refractivity contribution in [1.82, 2.24) is 5.32 Å². The fraction of sp³-hybridized carbons (Fsp3) is 0.500. The molecule has 0 spiro atoms. The second kappa shape index (κ2) is 4.09. The van der Waals surface area contributed by atoms with Crippen LogP contribution in [0.1, 0.15) is 30.0 Å². The maximum atomic E-state index is 12.8. The van der Waals surface area contributed by atoms with Gasteiger partial charge in [-0.1, -0.05) is 24.3 Å². The van der Waals surface area contributed by atoms with Crippen LogP contribution in [-0.2, 0) is 0 Å². The summed E-state index contributed by atoms with van der Waals surface area (Å²) in [6.07, 6.45) is 2.39. The molecule has 76 valence electrons. The average molecular weight is 193 g/mol. The smallest absolute Gasteiger partial charge is 0.109 e. The molecule has 1 aliphatic rings. The first kappa shape index (κ1) is 9.66. The Bertz CT molecular complexity index is 307. The summed E-state index contributed by atoms with van der Waals surface area (Å²) in [7, 11) is 0. The molecule has 0 radical (unpaired) electrons. The summed E-state index contributed by atoms with van der Waals surface area (Å²) in [4.78, 5) is 0. The van der Waals surface area contributed by atoms with Crippen molar-refractivity contribution in [3.8, 4) is 0 Å². The van der Waals surface area contributed by atoms with Crippen LogP contribution >= 0.6 is 0 Å². The van der Waals surface area contributed by atoms with Gasteiger partial charge in [0.15, 0.2) is 0 Å². The summed E-state index contributed by atoms with van der Waals surface area (Å²) in [5.41, 5.74) is 2.27. The van der Waals surface area contributed by atoms with Crippen LogP contribution < -0.4 is 5.32 Å². The molecule has 0 heterocycles. The minimum absolute atomic E-state index is 0.108. The molecule has 0 amide bonds. The van der Waals surface area contributed by atoms with Gasteiger partial charge in [-0.3, -0.25) is 0 Å². The van der Waals surface area contributed by atoms with Crippen molar-refractivity contribution in [2.75, 3.05) is 6.67 Å². The molecule has 0 saturated heterocycles. The molecule has 1 N–H and O–H groups in total. The van der Waals surface area contributed by atoms with Gasteiger partial charge in [-0.05, 0) is 30.9 Å². The maximum Gasteiger partial charge on any atom is 0.109 e. The Balaban J connectivity index is 2.12. The third kappa shape index (κ3) is 2.13. The predicted octanol–water partition coefficient (Wildman–Crippen LogP) is 2.76. The molecule has 1 fully saturated rings. The third-order valence-electron chi connectivity index (χ3n) is 2.73. The van der Waals surface area contributed by atoms with E-state index in [9.17, 15) is 4.39 Å². The van der Waals surface area contributed by atoms with E-state index in [1.807, 2.05) is 31.2 Å². The van der Waals surface area contributed by atoms with Gasteiger partial charge in [0.25, 0.3) is 0 Å². The first-order valence-electron chi connectivity index (χ1n) is 5.19. The van der Waals surface area contributed by atoms with Gasteiger partial charge in [0.05, 0.1) is 6.04 Å². The first-order valence-corrected chi connectivity index (χ1v) is 5.19. The van der Waals surface area contributed by atoms with Gasteiger partial charge >= 0.3 is 0 Å². The second-order valence-corrected chi connectivity index (χ2v) is 4.00. The van der Waals surface area contributed by atoms with E-state index in [1.54, 1.807) is 0 Å². The lowest BCUT2D eigenvalue weighted by atomic mass is 10.0. The molecule has 0 bridgehead atoms. The zero-order chi connectivity index (χ0) is 9.97. The zero-order valence-corrected chi connectivity index (χ0v) is 8.46. The van der Waals surface area contributed by atoms with E-state index in [0.717, 1.165) is 5.56 Å². The normalized spacial score (nSPS) is 18.1. The van der Waals surface area contributed by atoms with Crippen molar-refractivity contribution in [1.29, 1.82) is 0 Å². The van der Waals surface area contributed by atoms with E-state index in [-0.39, 0.29) is 12.7 Å². The molecule has 1 atom stereocenters. The van der Waals surface area contributed by atoms with Crippen LogP contribution in [0.15, 0.2) is 24.3 Å². The van der Waals surface area contributed by atoms with Crippen molar-refractivity contribution in [2.24, 2.45) is 0 Å². The first-order chi connectivity index (χ1) is 6.81. The molecule has 0 aromatic heterocycles. The molecule has 14 heavy (non-hydrogen) atoms. The summed E-state index contributed by atoms with van der Waals surface area (Å²) in [6, 6.07) is 8.45. The topological polar surface area (TPSA) is 12.0 Å². The maximum absolute atomic E-state index is 12.8. The number of alkyl halides is 1. The lowest BCUT2D eigenvalue weighted by molar-refractivity contribution is 0.379. The summed E-state index contributed by atoms with van der Waals surface area (Å²) >= 11 is 0. The highest BCUT2D eigenvalue weighted by Gasteiger charge is 2.25. The summed E-state index contributed by atoms with van der Waals surface area (Å²) in [5, 5.41) is 3.32. The highest BCUT2D eigenvalue weighted by Crippen LogP contribution is 2.25. The van der Waals surface area contributed by atoms with Crippen LogP contribution in [-0.4, -0.2) is 12.7 Å². The molecule has 1 unspecified atom stereocenters. The fourth-order valence-corrected chi connectivity index (χ4v) is 1.73. The Morgan fingerprint density at radius 3 is 2.71 bits per heavy atom. The van der Waals surface area contributed by atoms with Crippen LogP contribution in [0.2, 0.25) is 0 Å². The molecule has 1 aromatic rings. The number of rotatable bonds is 4. The van der Waals surface area contributed by atoms with Crippen LogP contribution in [0.4, 0.5) is 4.39 Å². The van der Waals surface area contributed by atoms with Gasteiger partial charge in [-0.2, -0.15) is 0 Å². The molecule has 0 aliphatic heterocycles. The number of halogens is 1. The van der Waals surface area contributed by atoms with Crippen LogP contribution in [0.3, 0.4) is 0 Å². The number of benzene rings is 1. The standard InChI is InChI=1S/C12H16FN/c1-9-4-2-3-5-11(9)12(8-13)14-10-6-7-10/h2-5,10,12,14H,6-8H2,1H3. The number of aryl methyl sites for hydroxylation is 1. The third-order valence-corrected chi connectivity index (χ3v) is 2.73. The van der Waals surface area contributed by atoms with Gasteiger partial charge in [0.2, 0.25) is 0 Å². The largest absolute Gasteiger partial charge is 0.305 e. The number of nitrogens with one attached hydrogen (secondary N) is 1. The van der Waals surface area contributed by atoms with E-state index in [2.05, 4.69) is 5.32 Å². The molecule has 1 saturated carbocycles. The van der Waals surface area contributed by atoms with Crippen molar-refractivity contribution < 1.29 is 4.39 Å². The van der Waals surface area contributed by atoms with Gasteiger partial charge in [0.1, 0.15) is 6.67 Å². The van der Waals surface area contributed by atoms with E-state index in [4.69, 9.17) is 0 Å². The fourth-order valence-electron chi connectivity index (χ4n) is 1.73. The quantitative estimate of drug-likeness (QED) is 0.775. The minimum atomic E-state index is -0.318. The zero-order valence-electron chi connectivity index (χ0n) is 8.46. The van der Waals surface area contributed by atoms with Crippen molar-refractivity contribution in [3.63, 3.8) is 0 Å². The lowest BCUT2D eigenvalue weighted by Crippen LogP contribution is -2.25. The van der Waals surface area contributed by atoms with Crippen LogP contribution in [0, 0.1) is 6.92 Å². The molecule has 2 rings (SSSR count). The lowest BCUT2D eigenvalue weighted by Gasteiger charge is -2.17. The minimum Gasteiger partial charge on any atom is -0.305 e. The Morgan fingerprint density at radius 2 is 2.14 bits per heavy atom. The van der Waals surface area contributed by atoms with Gasteiger partial charge in [0, 0.05) is 6.04 Å². The molecular weight excluding hydrogens is 177 g/mol. The highest BCUT2D eigenvalue weighted by molar-refractivity contribution is 5.29. The summed E-state index contributed by atoms with van der Waals surface area (Å²) in [6.45, 7) is 1.72. The average Bonchev–Trinajstić information content (AvgIpc) is 2.99. The number of hydrogen-bond acceptors (Lipinski definition) is 1. The van der Waals surface area contributed by atoms with Gasteiger partial charge < -0.3 is 5.32 Å².